The molecule has 0 spiro atoms. The lowest BCUT2D eigenvalue weighted by Crippen LogP contribution is -2.17. The lowest BCUT2D eigenvalue weighted by Gasteiger charge is -2.22. The van der Waals surface area contributed by atoms with E-state index in [-0.39, 0.29) is 11.9 Å². The number of benzene rings is 1. The van der Waals surface area contributed by atoms with Crippen LogP contribution in [0.5, 0.6) is 0 Å². The van der Waals surface area contributed by atoms with Crippen LogP contribution in [-0.2, 0) is 0 Å². The average Bonchev–Trinajstić information content (AvgIpc) is 2.40. The maximum atomic E-state index is 13.3. The van der Waals surface area contributed by atoms with Gasteiger partial charge < -0.3 is 10.6 Å². The van der Waals surface area contributed by atoms with E-state index in [1.807, 2.05) is 36.9 Å². The highest BCUT2D eigenvalue weighted by Crippen LogP contribution is 2.24. The lowest BCUT2D eigenvalue weighted by atomic mass is 10.1. The monoisotopic (exact) mass is 259 g/mol. The highest BCUT2D eigenvalue weighted by atomic mass is 19.1. The summed E-state index contributed by atoms with van der Waals surface area (Å²) in [7, 11) is 0. The summed E-state index contributed by atoms with van der Waals surface area (Å²) in [6.07, 6.45) is 1.77. The van der Waals surface area contributed by atoms with Crippen LogP contribution in [0.2, 0.25) is 0 Å². The third-order valence-corrected chi connectivity index (χ3v) is 3.01. The minimum Gasteiger partial charge on any atom is -0.327 e. The summed E-state index contributed by atoms with van der Waals surface area (Å²) in [6, 6.07) is 10.3. The molecule has 19 heavy (non-hydrogen) atoms. The molecule has 0 radical (unpaired) electrons. The Bertz CT molecular complexity index is 537. The van der Waals surface area contributed by atoms with Gasteiger partial charge in [-0.3, -0.25) is 0 Å². The Hall–Kier alpha value is -1.94. The Balaban J connectivity index is 2.31. The van der Waals surface area contributed by atoms with E-state index in [4.69, 9.17) is 5.73 Å². The number of rotatable bonds is 4. The second-order valence-corrected chi connectivity index (χ2v) is 4.46. The van der Waals surface area contributed by atoms with Crippen LogP contribution in [0.25, 0.3) is 0 Å². The van der Waals surface area contributed by atoms with Crippen LogP contribution in [0.15, 0.2) is 42.6 Å². The number of anilines is 2. The Morgan fingerprint density at radius 3 is 2.63 bits per heavy atom. The van der Waals surface area contributed by atoms with Gasteiger partial charge in [0.2, 0.25) is 0 Å². The predicted molar refractivity (Wildman–Crippen MR) is 75.9 cm³/mol. The molecule has 0 aliphatic heterocycles. The van der Waals surface area contributed by atoms with Gasteiger partial charge in [-0.2, -0.15) is 0 Å². The summed E-state index contributed by atoms with van der Waals surface area (Å²) in [5.41, 5.74) is 7.58. The number of pyridine rings is 1. The Morgan fingerprint density at radius 2 is 2.11 bits per heavy atom. The summed E-state index contributed by atoms with van der Waals surface area (Å²) in [6.45, 7) is 4.64. The normalized spacial score (nSPS) is 12.2. The molecule has 2 rings (SSSR count). The van der Waals surface area contributed by atoms with Gasteiger partial charge in [-0.25, -0.2) is 9.37 Å². The first kappa shape index (κ1) is 13.5. The van der Waals surface area contributed by atoms with E-state index in [1.54, 1.807) is 12.3 Å². The predicted octanol–water partition coefficient (Wildman–Crippen LogP) is 3.40. The Kier molecular flexibility index (Phi) is 4.12. The van der Waals surface area contributed by atoms with Crippen molar-refractivity contribution in [1.82, 2.24) is 4.98 Å². The van der Waals surface area contributed by atoms with Crippen molar-refractivity contribution in [3.8, 4) is 0 Å². The second-order valence-electron chi connectivity index (χ2n) is 4.46. The third-order valence-electron chi connectivity index (χ3n) is 3.01. The molecular formula is C15H18FN3. The van der Waals surface area contributed by atoms with Gasteiger partial charge in [0, 0.05) is 24.5 Å². The van der Waals surface area contributed by atoms with E-state index in [0.717, 1.165) is 17.1 Å². The van der Waals surface area contributed by atoms with Crippen molar-refractivity contribution in [2.45, 2.75) is 19.9 Å². The van der Waals surface area contributed by atoms with Crippen molar-refractivity contribution in [3.63, 3.8) is 0 Å². The summed E-state index contributed by atoms with van der Waals surface area (Å²) in [5.74, 6) is 0.542. The first-order valence-electron chi connectivity index (χ1n) is 6.36. The molecule has 0 bridgehead atoms. The van der Waals surface area contributed by atoms with Crippen molar-refractivity contribution in [2.24, 2.45) is 5.73 Å². The fourth-order valence-electron chi connectivity index (χ4n) is 1.95. The van der Waals surface area contributed by atoms with Crippen LogP contribution in [-0.4, -0.2) is 11.5 Å². The van der Waals surface area contributed by atoms with E-state index < -0.39 is 0 Å². The highest BCUT2D eigenvalue weighted by molar-refractivity contribution is 5.59. The zero-order valence-electron chi connectivity index (χ0n) is 11.2. The Morgan fingerprint density at radius 1 is 1.32 bits per heavy atom. The molecule has 0 aliphatic rings. The molecule has 1 heterocycles. The topological polar surface area (TPSA) is 42.1 Å². The van der Waals surface area contributed by atoms with Crippen molar-refractivity contribution in [2.75, 3.05) is 11.4 Å². The van der Waals surface area contributed by atoms with Crippen molar-refractivity contribution >= 4 is 11.5 Å². The van der Waals surface area contributed by atoms with Gasteiger partial charge in [0.25, 0.3) is 0 Å². The molecule has 4 heteroatoms. The average molecular weight is 259 g/mol. The quantitative estimate of drug-likeness (QED) is 0.915. The smallest absolute Gasteiger partial charge is 0.132 e. The molecule has 0 saturated heterocycles. The summed E-state index contributed by atoms with van der Waals surface area (Å²) >= 11 is 0. The van der Waals surface area contributed by atoms with Gasteiger partial charge in [-0.1, -0.05) is 12.1 Å². The van der Waals surface area contributed by atoms with Crippen molar-refractivity contribution < 1.29 is 4.39 Å². The summed E-state index contributed by atoms with van der Waals surface area (Å²) in [4.78, 5) is 6.35. The highest BCUT2D eigenvalue weighted by Gasteiger charge is 2.09. The van der Waals surface area contributed by atoms with E-state index in [0.29, 0.717) is 6.54 Å². The van der Waals surface area contributed by atoms with Gasteiger partial charge in [0.15, 0.2) is 0 Å². The second kappa shape index (κ2) is 5.80. The SMILES string of the molecule is CCN(c1cccc(F)c1)c1ccc([C@@H](C)N)cn1. The van der Waals surface area contributed by atoms with Gasteiger partial charge in [0.05, 0.1) is 0 Å². The molecule has 2 aromatic rings. The number of hydrogen-bond donors (Lipinski definition) is 1. The van der Waals surface area contributed by atoms with E-state index >= 15 is 0 Å². The van der Waals surface area contributed by atoms with Crippen LogP contribution < -0.4 is 10.6 Å². The Labute approximate surface area is 112 Å². The molecule has 100 valence electrons. The maximum Gasteiger partial charge on any atom is 0.132 e. The molecule has 0 unspecified atom stereocenters. The number of halogens is 1. The van der Waals surface area contributed by atoms with E-state index in [2.05, 4.69) is 4.98 Å². The maximum absolute atomic E-state index is 13.3. The van der Waals surface area contributed by atoms with Crippen LogP contribution in [0.4, 0.5) is 15.9 Å². The van der Waals surface area contributed by atoms with E-state index in [1.165, 1.54) is 12.1 Å². The largest absolute Gasteiger partial charge is 0.327 e. The molecule has 0 aliphatic carbocycles. The minimum atomic E-state index is -0.247. The summed E-state index contributed by atoms with van der Waals surface area (Å²) in [5, 5.41) is 0. The standard InChI is InChI=1S/C15H18FN3/c1-3-19(14-6-4-5-13(16)9-14)15-8-7-12(10-18-15)11(2)17/h4-11H,3,17H2,1-2H3/t11-/m1/s1. The van der Waals surface area contributed by atoms with Crippen LogP contribution >= 0.6 is 0 Å². The fraction of sp³-hybridized carbons (Fsp3) is 0.267. The minimum absolute atomic E-state index is 0.0363. The van der Waals surface area contributed by atoms with Crippen LogP contribution in [0, 0.1) is 5.82 Å². The molecule has 2 N–H and O–H groups in total. The van der Waals surface area contributed by atoms with Gasteiger partial charge in [-0.05, 0) is 43.7 Å². The molecule has 0 amide bonds. The summed E-state index contributed by atoms with van der Waals surface area (Å²) < 4.78 is 13.3. The molecule has 1 aromatic heterocycles. The van der Waals surface area contributed by atoms with E-state index in [9.17, 15) is 4.39 Å². The number of nitrogens with two attached hydrogens (primary N) is 1. The van der Waals surface area contributed by atoms with Gasteiger partial charge >= 0.3 is 0 Å². The van der Waals surface area contributed by atoms with Crippen LogP contribution in [0.1, 0.15) is 25.5 Å². The third kappa shape index (κ3) is 3.09. The van der Waals surface area contributed by atoms with Crippen LogP contribution in [0.3, 0.4) is 0 Å². The molecule has 1 atom stereocenters. The van der Waals surface area contributed by atoms with Crippen molar-refractivity contribution in [3.05, 3.63) is 54.0 Å². The molecule has 1 aromatic carbocycles. The number of hydrogen-bond acceptors (Lipinski definition) is 3. The lowest BCUT2D eigenvalue weighted by molar-refractivity contribution is 0.627. The number of aromatic nitrogens is 1. The van der Waals surface area contributed by atoms with Gasteiger partial charge in [0.1, 0.15) is 11.6 Å². The molecule has 0 saturated carbocycles. The molecular weight excluding hydrogens is 241 g/mol. The fourth-order valence-corrected chi connectivity index (χ4v) is 1.95. The van der Waals surface area contributed by atoms with Gasteiger partial charge in [-0.15, -0.1) is 0 Å². The first-order valence-corrected chi connectivity index (χ1v) is 6.36. The first-order chi connectivity index (χ1) is 9.11. The zero-order valence-corrected chi connectivity index (χ0v) is 11.2. The van der Waals surface area contributed by atoms with Crippen molar-refractivity contribution in [1.29, 1.82) is 0 Å². The zero-order chi connectivity index (χ0) is 13.8. The number of nitrogens with zero attached hydrogens (tertiary/aromatic N) is 2. The molecule has 3 nitrogen and oxygen atoms in total. The molecule has 0 fully saturated rings.